The summed E-state index contributed by atoms with van der Waals surface area (Å²) in [7, 11) is 0. The highest BCUT2D eigenvalue weighted by molar-refractivity contribution is 5.28. The predicted octanol–water partition coefficient (Wildman–Crippen LogP) is 4.81. The molecule has 2 aromatic rings. The molecule has 0 radical (unpaired) electrons. The summed E-state index contributed by atoms with van der Waals surface area (Å²) in [5.41, 5.74) is 1.30. The van der Waals surface area contributed by atoms with Crippen LogP contribution in [0.4, 0.5) is 0 Å². The van der Waals surface area contributed by atoms with Crippen LogP contribution in [0.3, 0.4) is 0 Å². The van der Waals surface area contributed by atoms with Crippen LogP contribution in [0, 0.1) is 0 Å². The van der Waals surface area contributed by atoms with Crippen molar-refractivity contribution in [2.45, 2.75) is 45.2 Å². The zero-order chi connectivity index (χ0) is 15.4. The topological polar surface area (TPSA) is 25.4 Å². The molecule has 0 bridgehead atoms. The van der Waals surface area contributed by atoms with Crippen molar-refractivity contribution < 1.29 is 4.74 Å². The first-order chi connectivity index (χ1) is 10.7. The number of nitrogens with zero attached hydrogens (tertiary/aromatic N) is 2. The van der Waals surface area contributed by atoms with E-state index >= 15 is 0 Å². The van der Waals surface area contributed by atoms with E-state index in [4.69, 9.17) is 4.74 Å². The van der Waals surface area contributed by atoms with Crippen LogP contribution in [-0.2, 0) is 0 Å². The molecule has 3 rings (SSSR count). The summed E-state index contributed by atoms with van der Waals surface area (Å²) in [4.78, 5) is 7.08. The number of pyridine rings is 1. The summed E-state index contributed by atoms with van der Waals surface area (Å²) >= 11 is 0. The lowest BCUT2D eigenvalue weighted by molar-refractivity contribution is 0.112. The molecule has 0 amide bonds. The van der Waals surface area contributed by atoms with Gasteiger partial charge in [0.1, 0.15) is 5.75 Å². The second-order valence-electron chi connectivity index (χ2n) is 6.19. The van der Waals surface area contributed by atoms with E-state index in [9.17, 15) is 0 Å². The third-order valence-corrected chi connectivity index (χ3v) is 4.32. The standard InChI is InChI=1S/C19H24N2O/c1-15(2)21-13-7-6-10-18(21)16-11-12-19(20-14-16)22-17-8-4-3-5-9-17/h3-5,8-9,11-12,14-15,18H,6-7,10,13H2,1-2H3/t18-/m1/s1. The number of rotatable bonds is 4. The molecule has 3 heteroatoms. The highest BCUT2D eigenvalue weighted by atomic mass is 16.5. The van der Waals surface area contributed by atoms with Gasteiger partial charge in [0.2, 0.25) is 5.88 Å². The van der Waals surface area contributed by atoms with Gasteiger partial charge >= 0.3 is 0 Å². The third kappa shape index (κ3) is 3.47. The molecule has 0 aliphatic carbocycles. The van der Waals surface area contributed by atoms with Crippen molar-refractivity contribution in [2.75, 3.05) is 6.54 Å². The zero-order valence-electron chi connectivity index (χ0n) is 13.4. The van der Waals surface area contributed by atoms with Crippen molar-refractivity contribution in [3.8, 4) is 11.6 Å². The molecule has 1 aromatic carbocycles. The van der Waals surface area contributed by atoms with Gasteiger partial charge in [-0.15, -0.1) is 0 Å². The summed E-state index contributed by atoms with van der Waals surface area (Å²) in [6, 6.07) is 15.0. The molecule has 0 N–H and O–H groups in total. The first-order valence-electron chi connectivity index (χ1n) is 8.18. The number of hydrogen-bond donors (Lipinski definition) is 0. The van der Waals surface area contributed by atoms with Gasteiger partial charge in [-0.3, -0.25) is 4.90 Å². The average Bonchev–Trinajstić information content (AvgIpc) is 2.56. The first-order valence-corrected chi connectivity index (χ1v) is 8.18. The van der Waals surface area contributed by atoms with Crippen LogP contribution in [0.5, 0.6) is 11.6 Å². The molecule has 0 unspecified atom stereocenters. The summed E-state index contributed by atoms with van der Waals surface area (Å²) in [6.07, 6.45) is 5.80. The molecular weight excluding hydrogens is 272 g/mol. The Labute approximate surface area is 132 Å². The molecule has 22 heavy (non-hydrogen) atoms. The SMILES string of the molecule is CC(C)N1CCCC[C@@H]1c1ccc(Oc2ccccc2)nc1. The summed E-state index contributed by atoms with van der Waals surface area (Å²) in [5, 5.41) is 0. The molecule has 3 nitrogen and oxygen atoms in total. The molecule has 1 aliphatic heterocycles. The van der Waals surface area contributed by atoms with Crippen molar-refractivity contribution in [2.24, 2.45) is 0 Å². The van der Waals surface area contributed by atoms with Gasteiger partial charge in [0, 0.05) is 24.3 Å². The van der Waals surface area contributed by atoms with Crippen molar-refractivity contribution in [1.82, 2.24) is 9.88 Å². The van der Waals surface area contributed by atoms with Crippen molar-refractivity contribution in [1.29, 1.82) is 0 Å². The molecular formula is C19H24N2O. The second-order valence-corrected chi connectivity index (χ2v) is 6.19. The molecule has 1 fully saturated rings. The van der Waals surface area contributed by atoms with E-state index in [0.717, 1.165) is 5.75 Å². The van der Waals surface area contributed by atoms with E-state index in [1.165, 1.54) is 31.4 Å². The Balaban J connectivity index is 1.73. The van der Waals surface area contributed by atoms with Gasteiger partial charge in [0.15, 0.2) is 0 Å². The number of aromatic nitrogens is 1. The Morgan fingerprint density at radius 2 is 1.91 bits per heavy atom. The summed E-state index contributed by atoms with van der Waals surface area (Å²) in [6.45, 7) is 5.74. The average molecular weight is 296 g/mol. The third-order valence-electron chi connectivity index (χ3n) is 4.32. The van der Waals surface area contributed by atoms with E-state index in [0.29, 0.717) is 18.0 Å². The fraction of sp³-hybridized carbons (Fsp3) is 0.421. The molecule has 1 aliphatic rings. The fourth-order valence-corrected chi connectivity index (χ4v) is 3.19. The predicted molar refractivity (Wildman–Crippen MR) is 89.2 cm³/mol. The summed E-state index contributed by atoms with van der Waals surface area (Å²) in [5.74, 6) is 1.48. The van der Waals surface area contributed by atoms with Crippen LogP contribution in [0.25, 0.3) is 0 Å². The van der Waals surface area contributed by atoms with Crippen LogP contribution in [0.15, 0.2) is 48.7 Å². The molecule has 0 spiro atoms. The number of likely N-dealkylation sites (tertiary alicyclic amines) is 1. The molecule has 0 saturated carbocycles. The second kappa shape index (κ2) is 6.93. The van der Waals surface area contributed by atoms with Crippen LogP contribution in [-0.4, -0.2) is 22.5 Å². The van der Waals surface area contributed by atoms with E-state index in [-0.39, 0.29) is 0 Å². The smallest absolute Gasteiger partial charge is 0.219 e. The van der Waals surface area contributed by atoms with Gasteiger partial charge in [-0.25, -0.2) is 4.98 Å². The van der Waals surface area contributed by atoms with E-state index in [1.807, 2.05) is 42.6 Å². The zero-order valence-corrected chi connectivity index (χ0v) is 13.4. The van der Waals surface area contributed by atoms with Crippen LogP contribution < -0.4 is 4.74 Å². The Hall–Kier alpha value is -1.87. The Bertz CT molecular complexity index is 580. The van der Waals surface area contributed by atoms with E-state index in [2.05, 4.69) is 29.8 Å². The van der Waals surface area contributed by atoms with Crippen LogP contribution >= 0.6 is 0 Å². The number of piperidine rings is 1. The minimum Gasteiger partial charge on any atom is -0.439 e. The monoisotopic (exact) mass is 296 g/mol. The molecule has 1 aromatic heterocycles. The van der Waals surface area contributed by atoms with Crippen LogP contribution in [0.2, 0.25) is 0 Å². The van der Waals surface area contributed by atoms with Gasteiger partial charge in [-0.1, -0.05) is 30.7 Å². The normalized spacial score (nSPS) is 19.3. The highest BCUT2D eigenvalue weighted by Gasteiger charge is 2.25. The fourth-order valence-electron chi connectivity index (χ4n) is 3.19. The van der Waals surface area contributed by atoms with Gasteiger partial charge < -0.3 is 4.74 Å². The highest BCUT2D eigenvalue weighted by Crippen LogP contribution is 2.32. The molecule has 1 saturated heterocycles. The largest absolute Gasteiger partial charge is 0.439 e. The Morgan fingerprint density at radius 3 is 2.59 bits per heavy atom. The van der Waals surface area contributed by atoms with E-state index < -0.39 is 0 Å². The lowest BCUT2D eigenvalue weighted by atomic mass is 9.95. The first kappa shape index (κ1) is 15.0. The number of hydrogen-bond acceptors (Lipinski definition) is 3. The maximum Gasteiger partial charge on any atom is 0.219 e. The van der Waals surface area contributed by atoms with Gasteiger partial charge in [-0.05, 0) is 50.9 Å². The van der Waals surface area contributed by atoms with Crippen molar-refractivity contribution in [3.05, 3.63) is 54.2 Å². The Morgan fingerprint density at radius 1 is 1.09 bits per heavy atom. The van der Waals surface area contributed by atoms with Gasteiger partial charge in [0.05, 0.1) is 0 Å². The molecule has 2 heterocycles. The summed E-state index contributed by atoms with van der Waals surface area (Å²) < 4.78 is 5.77. The van der Waals surface area contributed by atoms with Gasteiger partial charge in [-0.2, -0.15) is 0 Å². The van der Waals surface area contributed by atoms with Crippen LogP contribution in [0.1, 0.15) is 44.7 Å². The van der Waals surface area contributed by atoms with Gasteiger partial charge in [0.25, 0.3) is 0 Å². The quantitative estimate of drug-likeness (QED) is 0.809. The molecule has 1 atom stereocenters. The number of para-hydroxylation sites is 1. The lowest BCUT2D eigenvalue weighted by Gasteiger charge is -2.38. The number of benzene rings is 1. The van der Waals surface area contributed by atoms with Crippen molar-refractivity contribution >= 4 is 0 Å². The van der Waals surface area contributed by atoms with Crippen molar-refractivity contribution in [3.63, 3.8) is 0 Å². The number of ether oxygens (including phenoxy) is 1. The maximum atomic E-state index is 5.77. The minimum absolute atomic E-state index is 0.493. The Kier molecular flexibility index (Phi) is 4.74. The van der Waals surface area contributed by atoms with E-state index in [1.54, 1.807) is 0 Å². The minimum atomic E-state index is 0.493. The maximum absolute atomic E-state index is 5.77. The lowest BCUT2D eigenvalue weighted by Crippen LogP contribution is -2.38. The molecule has 116 valence electrons.